The molecule has 0 radical (unpaired) electrons. The van der Waals surface area contributed by atoms with Crippen LogP contribution in [-0.2, 0) is 6.42 Å². The van der Waals surface area contributed by atoms with Gasteiger partial charge in [0, 0.05) is 12.0 Å². The van der Waals surface area contributed by atoms with Gasteiger partial charge in [-0.05, 0) is 66.7 Å². The number of Topliss-reactive ketones (excluding diaryl/α,β-unsaturated/α-hetero) is 1. The molecule has 0 saturated heterocycles. The average molecular weight is 416 g/mol. The Balaban J connectivity index is 1.45. The number of hydrogen-bond donors (Lipinski definition) is 0. The number of ether oxygens (including phenoxy) is 1. The largest absolute Gasteiger partial charge is 0.482 e. The molecule has 0 amide bonds. The third-order valence-electron chi connectivity index (χ3n) is 6.29. The van der Waals surface area contributed by atoms with E-state index in [1.54, 1.807) is 0 Å². The van der Waals surface area contributed by atoms with Crippen molar-refractivity contribution in [2.75, 3.05) is 0 Å². The van der Waals surface area contributed by atoms with Gasteiger partial charge in [-0.3, -0.25) is 4.79 Å². The zero-order valence-electron chi connectivity index (χ0n) is 17.3. The number of fused-ring (bicyclic) bond motifs is 1. The molecule has 5 rings (SSSR count). The molecule has 0 aromatic heterocycles. The summed E-state index contributed by atoms with van der Waals surface area (Å²) in [5.74, 6) is -1.28. The fourth-order valence-electron chi connectivity index (χ4n) is 4.42. The molecule has 1 aliphatic carbocycles. The molecule has 1 spiro atoms. The van der Waals surface area contributed by atoms with Crippen molar-refractivity contribution in [2.24, 2.45) is 0 Å². The number of carbonyl (C=O) groups excluding carboxylic acids is 1. The number of carbonyl (C=O) groups is 1. The number of aryl methyl sites for hydroxylation is 1. The van der Waals surface area contributed by atoms with Crippen LogP contribution in [0.15, 0.2) is 66.7 Å². The maximum absolute atomic E-state index is 13.9. The summed E-state index contributed by atoms with van der Waals surface area (Å²) >= 11 is 0. The van der Waals surface area contributed by atoms with Gasteiger partial charge in [0.1, 0.15) is 23.0 Å². The molecule has 1 saturated carbocycles. The van der Waals surface area contributed by atoms with Crippen molar-refractivity contribution in [3.63, 3.8) is 0 Å². The number of rotatable bonds is 4. The van der Waals surface area contributed by atoms with Crippen LogP contribution in [0.3, 0.4) is 0 Å². The molecule has 3 aromatic carbocycles. The molecule has 0 N–H and O–H groups in total. The lowest BCUT2D eigenvalue weighted by Crippen LogP contribution is -2.43. The third kappa shape index (κ3) is 3.46. The first kappa shape index (κ1) is 19.7. The molecule has 0 bridgehead atoms. The quantitative estimate of drug-likeness (QED) is 0.457. The van der Waals surface area contributed by atoms with Crippen LogP contribution in [0.2, 0.25) is 0 Å². The van der Waals surface area contributed by atoms with Crippen LogP contribution in [0.25, 0.3) is 5.57 Å². The van der Waals surface area contributed by atoms with Crippen molar-refractivity contribution >= 4 is 11.4 Å². The van der Waals surface area contributed by atoms with Crippen LogP contribution in [0.5, 0.6) is 5.75 Å². The Hall–Kier alpha value is -3.27. The minimum absolute atomic E-state index is 0.0556. The fourth-order valence-corrected chi connectivity index (χ4v) is 4.42. The average Bonchev–Trinajstić information content (AvgIpc) is 2.73. The normalized spacial score (nSPS) is 16.2. The minimum Gasteiger partial charge on any atom is -0.482 e. The third-order valence-corrected chi connectivity index (χ3v) is 6.29. The second kappa shape index (κ2) is 7.45. The summed E-state index contributed by atoms with van der Waals surface area (Å²) in [4.78, 5) is 12.5. The van der Waals surface area contributed by atoms with E-state index >= 15 is 0 Å². The van der Waals surface area contributed by atoms with Crippen molar-refractivity contribution in [3.8, 4) is 5.75 Å². The van der Waals surface area contributed by atoms with Crippen LogP contribution in [0.1, 0.15) is 51.9 Å². The Bertz CT molecular complexity index is 1180. The first-order valence-electron chi connectivity index (χ1n) is 10.5. The van der Waals surface area contributed by atoms with Gasteiger partial charge in [-0.1, -0.05) is 48.5 Å². The maximum atomic E-state index is 13.9. The highest BCUT2D eigenvalue weighted by molar-refractivity contribution is 5.98. The standard InChI is InChI=1S/C27H22F2O2/c1-17-5-2-6-20-21(16-27(13-4-14-27)31-26(17)20)19-11-9-18(10-12-19)15-24(30)25-22(28)7-3-8-23(25)29/h2-3,5-12,16H,4,13-15H2,1H3. The number of hydrogen-bond acceptors (Lipinski definition) is 2. The Morgan fingerprint density at radius 3 is 2.29 bits per heavy atom. The van der Waals surface area contributed by atoms with Crippen LogP contribution < -0.4 is 4.74 Å². The molecule has 2 aliphatic rings. The molecule has 2 nitrogen and oxygen atoms in total. The number of benzene rings is 3. The Kier molecular flexibility index (Phi) is 4.73. The lowest BCUT2D eigenvalue weighted by atomic mass is 9.75. The summed E-state index contributed by atoms with van der Waals surface area (Å²) in [6, 6.07) is 17.3. The van der Waals surface area contributed by atoms with E-state index in [0.717, 1.165) is 59.4 Å². The van der Waals surface area contributed by atoms with E-state index in [0.29, 0.717) is 5.56 Å². The summed E-state index contributed by atoms with van der Waals surface area (Å²) in [6.45, 7) is 2.06. The van der Waals surface area contributed by atoms with E-state index in [9.17, 15) is 13.6 Å². The first-order chi connectivity index (χ1) is 15.0. The van der Waals surface area contributed by atoms with Crippen LogP contribution in [0.4, 0.5) is 8.78 Å². The predicted octanol–water partition coefficient (Wildman–Crippen LogP) is 6.45. The van der Waals surface area contributed by atoms with Crippen molar-refractivity contribution in [2.45, 2.75) is 38.2 Å². The maximum Gasteiger partial charge on any atom is 0.173 e. The van der Waals surface area contributed by atoms with Gasteiger partial charge in [-0.2, -0.15) is 0 Å². The fraction of sp³-hybridized carbons (Fsp3) is 0.222. The van der Waals surface area contributed by atoms with E-state index in [2.05, 4.69) is 25.1 Å². The second-order valence-corrected chi connectivity index (χ2v) is 8.42. The molecule has 0 unspecified atom stereocenters. The summed E-state index contributed by atoms with van der Waals surface area (Å²) in [5.41, 5.74) is 4.35. The molecule has 1 aliphatic heterocycles. The van der Waals surface area contributed by atoms with E-state index in [-0.39, 0.29) is 12.0 Å². The molecule has 4 heteroatoms. The summed E-state index contributed by atoms with van der Waals surface area (Å²) in [5, 5.41) is 0. The van der Waals surface area contributed by atoms with Gasteiger partial charge in [0.05, 0.1) is 5.56 Å². The molecular formula is C27H22F2O2. The molecule has 0 atom stereocenters. The van der Waals surface area contributed by atoms with E-state index in [1.165, 1.54) is 6.07 Å². The van der Waals surface area contributed by atoms with Gasteiger partial charge in [0.25, 0.3) is 0 Å². The number of halogens is 2. The van der Waals surface area contributed by atoms with Crippen molar-refractivity contribution in [3.05, 3.63) is 106 Å². The Morgan fingerprint density at radius 1 is 0.968 bits per heavy atom. The summed E-state index contributed by atoms with van der Waals surface area (Å²) < 4.78 is 34.2. The smallest absolute Gasteiger partial charge is 0.173 e. The van der Waals surface area contributed by atoms with Gasteiger partial charge >= 0.3 is 0 Å². The van der Waals surface area contributed by atoms with Crippen LogP contribution in [-0.4, -0.2) is 11.4 Å². The van der Waals surface area contributed by atoms with Crippen molar-refractivity contribution in [1.29, 1.82) is 0 Å². The van der Waals surface area contributed by atoms with Crippen molar-refractivity contribution in [1.82, 2.24) is 0 Å². The number of ketones is 1. The Labute approximate surface area is 180 Å². The summed E-state index contributed by atoms with van der Waals surface area (Å²) in [7, 11) is 0. The molecule has 156 valence electrons. The van der Waals surface area contributed by atoms with Gasteiger partial charge < -0.3 is 4.74 Å². The van der Waals surface area contributed by atoms with Gasteiger partial charge in [0.2, 0.25) is 0 Å². The highest BCUT2D eigenvalue weighted by Crippen LogP contribution is 2.48. The van der Waals surface area contributed by atoms with Gasteiger partial charge in [-0.25, -0.2) is 8.78 Å². The monoisotopic (exact) mass is 416 g/mol. The van der Waals surface area contributed by atoms with Gasteiger partial charge in [-0.15, -0.1) is 0 Å². The summed E-state index contributed by atoms with van der Waals surface area (Å²) in [6.07, 6.45) is 5.34. The highest BCUT2D eigenvalue weighted by Gasteiger charge is 2.41. The lowest BCUT2D eigenvalue weighted by molar-refractivity contribution is 0.0370. The molecule has 1 heterocycles. The van der Waals surface area contributed by atoms with E-state index in [1.807, 2.05) is 30.3 Å². The van der Waals surface area contributed by atoms with Gasteiger partial charge in [0.15, 0.2) is 5.78 Å². The molecule has 31 heavy (non-hydrogen) atoms. The number of para-hydroxylation sites is 1. The topological polar surface area (TPSA) is 26.3 Å². The SMILES string of the molecule is Cc1cccc2c1OC1(C=C2c2ccc(CC(=O)c3c(F)cccc3F)cc2)CCC1. The van der Waals surface area contributed by atoms with Crippen LogP contribution in [0, 0.1) is 18.6 Å². The van der Waals surface area contributed by atoms with E-state index < -0.39 is 23.0 Å². The molecule has 3 aromatic rings. The second-order valence-electron chi connectivity index (χ2n) is 8.42. The molecule has 1 fully saturated rings. The van der Waals surface area contributed by atoms with Crippen LogP contribution >= 0.6 is 0 Å². The minimum atomic E-state index is -0.827. The zero-order valence-corrected chi connectivity index (χ0v) is 17.3. The molecular weight excluding hydrogens is 394 g/mol. The highest BCUT2D eigenvalue weighted by atomic mass is 19.1. The zero-order chi connectivity index (χ0) is 21.6. The first-order valence-corrected chi connectivity index (χ1v) is 10.5. The van der Waals surface area contributed by atoms with Crippen molar-refractivity contribution < 1.29 is 18.3 Å². The Morgan fingerprint density at radius 2 is 1.65 bits per heavy atom. The predicted molar refractivity (Wildman–Crippen MR) is 116 cm³/mol. The van der Waals surface area contributed by atoms with E-state index in [4.69, 9.17) is 4.74 Å². The lowest BCUT2D eigenvalue weighted by Gasteiger charge is -2.44.